The van der Waals surface area contributed by atoms with Crippen LogP contribution in [0.4, 0.5) is 0 Å². The van der Waals surface area contributed by atoms with E-state index in [1.165, 1.54) is 0 Å². The molecule has 0 radical (unpaired) electrons. The van der Waals surface area contributed by atoms with Crippen LogP contribution in [0.2, 0.25) is 0 Å². The lowest BCUT2D eigenvalue weighted by molar-refractivity contribution is -0.571. The van der Waals surface area contributed by atoms with Gasteiger partial charge in [0.25, 0.3) is 0 Å². The number of hydrogen-bond donors (Lipinski definition) is 2. The van der Waals surface area contributed by atoms with Gasteiger partial charge in [0.1, 0.15) is 6.10 Å². The molecule has 2 bridgehead atoms. The third-order valence-corrected chi connectivity index (χ3v) is 10.2. The molecule has 6 fully saturated rings. The molecule has 10 heteroatoms. The van der Waals surface area contributed by atoms with Crippen molar-refractivity contribution in [1.82, 2.24) is 0 Å². The second-order valence-corrected chi connectivity index (χ2v) is 13.2. The molecule has 0 aromatic carbocycles. The zero-order valence-electron chi connectivity index (χ0n) is 24.8. The van der Waals surface area contributed by atoms with Gasteiger partial charge in [0.05, 0.1) is 37.4 Å². The molecule has 0 aromatic rings. The van der Waals surface area contributed by atoms with Gasteiger partial charge >= 0.3 is 5.97 Å². The topological polar surface area (TPSA) is 122 Å². The zero-order chi connectivity index (χ0) is 28.7. The first-order valence-corrected chi connectivity index (χ1v) is 15.5. The highest BCUT2D eigenvalue weighted by atomic mass is 17.3. The van der Waals surface area contributed by atoms with Crippen molar-refractivity contribution in [2.75, 3.05) is 6.61 Å². The lowest BCUT2D eigenvalue weighted by Gasteiger charge is -2.60. The van der Waals surface area contributed by atoms with Gasteiger partial charge in [-0.3, -0.25) is 4.79 Å². The molecule has 13 atom stereocenters. The van der Waals surface area contributed by atoms with Gasteiger partial charge in [-0.2, -0.15) is 0 Å². The van der Waals surface area contributed by atoms with Crippen LogP contribution < -0.4 is 0 Å². The summed E-state index contributed by atoms with van der Waals surface area (Å²) < 4.78 is 29.9. The molecule has 1 spiro atoms. The van der Waals surface area contributed by atoms with Crippen molar-refractivity contribution < 1.29 is 48.5 Å². The Labute approximate surface area is 238 Å². The predicted octanol–water partition coefficient (Wildman–Crippen LogP) is 3.99. The minimum absolute atomic E-state index is 0.0849. The first-order chi connectivity index (χ1) is 19.0. The maximum absolute atomic E-state index is 12.8. The minimum atomic E-state index is -0.828. The number of carbonyl (C=O) groups is 1. The molecule has 2 N–H and O–H groups in total. The van der Waals surface area contributed by atoms with Crippen LogP contribution in [0.15, 0.2) is 0 Å². The number of esters is 1. The summed E-state index contributed by atoms with van der Waals surface area (Å²) >= 11 is 0. The smallest absolute Gasteiger partial charge is 0.308 e. The zero-order valence-corrected chi connectivity index (χ0v) is 24.8. The normalized spacial score (nSPS) is 47.3. The molecule has 6 aliphatic rings. The molecule has 40 heavy (non-hydrogen) atoms. The molecule has 6 rings (SSSR count). The van der Waals surface area contributed by atoms with E-state index in [9.17, 15) is 15.0 Å². The minimum Gasteiger partial charge on any atom is -0.466 e. The lowest BCUT2D eigenvalue weighted by atomic mass is 9.57. The van der Waals surface area contributed by atoms with Crippen molar-refractivity contribution in [3.8, 4) is 0 Å². The Bertz CT molecular complexity index is 871. The molecule has 0 amide bonds. The predicted molar refractivity (Wildman–Crippen MR) is 142 cm³/mol. The number of hydrogen-bond acceptors (Lipinski definition) is 10. The third-order valence-electron chi connectivity index (χ3n) is 10.2. The molecule has 0 aromatic heterocycles. The van der Waals surface area contributed by atoms with Gasteiger partial charge in [0.2, 0.25) is 5.79 Å². The first kappa shape index (κ1) is 30.6. The summed E-state index contributed by atoms with van der Waals surface area (Å²) in [4.78, 5) is 24.9. The average molecular weight is 571 g/mol. The van der Waals surface area contributed by atoms with Crippen molar-refractivity contribution in [1.29, 1.82) is 0 Å². The summed E-state index contributed by atoms with van der Waals surface area (Å²) in [6.45, 7) is 10.5. The van der Waals surface area contributed by atoms with E-state index >= 15 is 0 Å². The lowest BCUT2D eigenvalue weighted by Crippen LogP contribution is -2.70. The third kappa shape index (κ3) is 6.11. The Balaban J connectivity index is 1.03. The van der Waals surface area contributed by atoms with E-state index in [0.29, 0.717) is 18.4 Å². The molecular weight excluding hydrogens is 520 g/mol. The van der Waals surface area contributed by atoms with Crippen molar-refractivity contribution in [3.05, 3.63) is 0 Å². The molecule has 5 saturated heterocycles. The van der Waals surface area contributed by atoms with Gasteiger partial charge < -0.3 is 33.9 Å². The van der Waals surface area contributed by atoms with Crippen LogP contribution in [0.25, 0.3) is 0 Å². The van der Waals surface area contributed by atoms with Gasteiger partial charge in [-0.05, 0) is 77.0 Å². The largest absolute Gasteiger partial charge is 0.466 e. The number of unbranched alkanes of at least 4 members (excludes halogenated alkanes) is 2. The first-order valence-electron chi connectivity index (χ1n) is 15.5. The van der Waals surface area contributed by atoms with Crippen LogP contribution in [0.3, 0.4) is 0 Å². The Morgan fingerprint density at radius 3 is 2.60 bits per heavy atom. The van der Waals surface area contributed by atoms with E-state index in [1.54, 1.807) is 6.92 Å². The van der Waals surface area contributed by atoms with E-state index in [-0.39, 0.29) is 49.0 Å². The summed E-state index contributed by atoms with van der Waals surface area (Å²) in [5.74, 6) is 0.0602. The van der Waals surface area contributed by atoms with Crippen LogP contribution >= 0.6 is 0 Å². The van der Waals surface area contributed by atoms with Gasteiger partial charge in [-0.15, -0.1) is 0 Å². The fourth-order valence-electron chi connectivity index (χ4n) is 7.69. The van der Waals surface area contributed by atoms with Crippen LogP contribution in [-0.2, 0) is 38.3 Å². The van der Waals surface area contributed by atoms with Gasteiger partial charge in [0.15, 0.2) is 18.2 Å². The molecule has 5 heterocycles. The van der Waals surface area contributed by atoms with E-state index in [2.05, 4.69) is 13.8 Å². The summed E-state index contributed by atoms with van der Waals surface area (Å²) in [6, 6.07) is 0. The summed E-state index contributed by atoms with van der Waals surface area (Å²) in [7, 11) is 0. The van der Waals surface area contributed by atoms with Crippen LogP contribution in [0.5, 0.6) is 0 Å². The summed E-state index contributed by atoms with van der Waals surface area (Å²) in [6.07, 6.45) is 4.24. The van der Waals surface area contributed by atoms with Crippen molar-refractivity contribution in [2.45, 2.75) is 153 Å². The number of aliphatic hydroxyl groups is 2. The van der Waals surface area contributed by atoms with Gasteiger partial charge in [-0.25, -0.2) is 9.78 Å². The Hall–Kier alpha value is -0.850. The number of aliphatic hydroxyl groups excluding tert-OH is 2. The summed E-state index contributed by atoms with van der Waals surface area (Å²) in [5.41, 5.74) is -0.616. The van der Waals surface area contributed by atoms with Crippen LogP contribution in [0.1, 0.15) is 98.8 Å². The molecule has 230 valence electrons. The molecule has 5 aliphatic heterocycles. The standard InChI is InChI=1S/C30H50O10/c1-17-10-11-22-19(3)25(37-28-30(22)21(17)12-13-29(5,38-28)39-40-30)16-26(33)34-14-8-6-7-9-18(2)35-27-24(32)15-23(31)20(4)36-27/h17-25,27-28,31-32H,6-16H2,1-5H3/t17-,18-,19-,20+,21+,22+,23-,24-,25-,27-,28?,29+,30-/m1/s1. The fraction of sp³-hybridized carbons (Fsp3) is 0.967. The fourth-order valence-corrected chi connectivity index (χ4v) is 7.69. The number of rotatable bonds is 10. The Morgan fingerprint density at radius 2 is 1.80 bits per heavy atom. The Morgan fingerprint density at radius 1 is 1.00 bits per heavy atom. The van der Waals surface area contributed by atoms with E-state index in [4.69, 9.17) is 33.5 Å². The average Bonchev–Trinajstić information content (AvgIpc) is 3.13. The van der Waals surface area contributed by atoms with Crippen molar-refractivity contribution in [2.24, 2.45) is 23.7 Å². The molecule has 1 aliphatic carbocycles. The number of fused-ring (bicyclic) bond motifs is 2. The second kappa shape index (κ2) is 12.4. The highest BCUT2D eigenvalue weighted by molar-refractivity contribution is 5.70. The van der Waals surface area contributed by atoms with Gasteiger partial charge in [-0.1, -0.05) is 20.3 Å². The van der Waals surface area contributed by atoms with Crippen molar-refractivity contribution in [3.63, 3.8) is 0 Å². The van der Waals surface area contributed by atoms with Gasteiger partial charge in [0, 0.05) is 18.8 Å². The molecule has 10 nitrogen and oxygen atoms in total. The molecule has 1 unspecified atom stereocenters. The Kier molecular flexibility index (Phi) is 9.49. The maximum Gasteiger partial charge on any atom is 0.308 e. The van der Waals surface area contributed by atoms with Crippen LogP contribution in [0, 0.1) is 23.7 Å². The SMILES string of the molecule is C[C@H]1[C@@H](CC(=O)OCCCCC[C@@H](C)O[C@@H]2O[C@@H](C)[C@H](O)C[C@H]2O)OC2O[C@]3(C)CC[C@H]4[C@H](C)CC[C@@H]1[C@@]24OO3. The number of carbonyl (C=O) groups excluding carboxylic acids is 1. The highest BCUT2D eigenvalue weighted by Gasteiger charge is 2.69. The maximum atomic E-state index is 12.8. The van der Waals surface area contributed by atoms with Crippen LogP contribution in [-0.4, -0.2) is 77.3 Å². The number of ether oxygens (including phenoxy) is 5. The quantitative estimate of drug-likeness (QED) is 0.226. The molecular formula is C30H50O10. The van der Waals surface area contributed by atoms with Crippen molar-refractivity contribution >= 4 is 5.97 Å². The van der Waals surface area contributed by atoms with E-state index < -0.39 is 36.2 Å². The van der Waals surface area contributed by atoms with E-state index in [0.717, 1.165) is 51.4 Å². The highest BCUT2D eigenvalue weighted by Crippen LogP contribution is 2.60. The van der Waals surface area contributed by atoms with E-state index in [1.807, 2.05) is 13.8 Å². The summed E-state index contributed by atoms with van der Waals surface area (Å²) in [5, 5.41) is 19.9. The second-order valence-electron chi connectivity index (χ2n) is 13.2. The monoisotopic (exact) mass is 570 g/mol. The molecule has 1 saturated carbocycles.